The number of hydrogen-bond acceptors (Lipinski definition) is 25. The summed E-state index contributed by atoms with van der Waals surface area (Å²) >= 11 is 0. The number of nitrogens with one attached hydrogen (secondary N) is 1. The summed E-state index contributed by atoms with van der Waals surface area (Å²) < 4.78 is 93.7. The third kappa shape index (κ3) is 26.0. The summed E-state index contributed by atoms with van der Waals surface area (Å²) in [6.07, 6.45) is 36.0. The van der Waals surface area contributed by atoms with E-state index in [1.54, 1.807) is 148 Å². The number of carbonyl (C=O) groups is 4. The molecule has 3 aliphatic rings. The number of ketones is 1. The molecule has 9 heterocycles. The molecule has 3 radical (unpaired) electrons. The van der Waals surface area contributed by atoms with Gasteiger partial charge in [-0.2, -0.15) is 15.3 Å². The van der Waals surface area contributed by atoms with Gasteiger partial charge in [-0.1, -0.05) is 75.4 Å². The number of fused-ring (bicyclic) bond motifs is 3. The zero-order valence-corrected chi connectivity index (χ0v) is 77.8. The number of rotatable bonds is 26. The largest absolute Gasteiger partial charge is 1.00 e. The SMILES string of the molecule is CC(=O)OOC(C)=O.CCCN(CCO)C1CCC(c2cnc3c(c2)c(-c2cnn(C)c2)cn3S(=O)(=O)c2ccccc2)CC1.CCCN(CCO)C1CCC(c2cnc3c(c2)c(-c2cnn(C)c2)cn3S(=O)(=O)c2ccccc2)CC1.CCCNCCO.Cn1cc(-c2cn(S(=O)(=O)c3ccccc3)c3ncc(C4CCC(=O)CC4)cc23)cn1.[B-]OC(C)=O.[Na+]. The van der Waals surface area contributed by atoms with Gasteiger partial charge in [0, 0.05) is 192 Å². The Bertz CT molecular complexity index is 5630. The van der Waals surface area contributed by atoms with Gasteiger partial charge in [0.1, 0.15) is 5.78 Å². The Morgan fingerprint density at radius 1 is 0.437 bits per heavy atom. The molecule has 4 N–H and O–H groups in total. The average molecular weight is 1790 g/mol. The summed E-state index contributed by atoms with van der Waals surface area (Å²) in [4.78, 5) is 68.0. The first-order valence-electron chi connectivity index (χ1n) is 42.3. The minimum Gasteiger partial charge on any atom is -0.793 e. The van der Waals surface area contributed by atoms with Crippen LogP contribution in [0.5, 0.6) is 0 Å². The van der Waals surface area contributed by atoms with E-state index < -0.39 is 48.0 Å². The molecular formula is C90H114BN15NaO16S3. The maximum Gasteiger partial charge on any atom is 1.00 e. The summed E-state index contributed by atoms with van der Waals surface area (Å²) in [6, 6.07) is 32.6. The molecule has 126 heavy (non-hydrogen) atoms. The van der Waals surface area contributed by atoms with Crippen LogP contribution in [0.25, 0.3) is 66.5 Å². The molecule has 0 amide bonds. The van der Waals surface area contributed by atoms with Crippen molar-refractivity contribution in [3.05, 3.63) is 200 Å². The van der Waals surface area contributed by atoms with Crippen molar-refractivity contribution in [1.29, 1.82) is 0 Å². The fraction of sp³-hybridized carbons (Fsp3) is 0.422. The van der Waals surface area contributed by atoms with E-state index >= 15 is 0 Å². The second-order valence-electron chi connectivity index (χ2n) is 31.2. The standard InChI is InChI=1S/2C28H35N5O3S.C23H22N4O3S.C5H13NO.C4H6O4.C2H3BO2.Na/c2*1-3-13-32(14-15-34)24-11-9-21(10-12-24)22-16-26-27(23-18-30-31(2)19-23)20-33(28(26)29-17-22)37(35,36)25-7-5-4-6-8-25;1-26-14-18(13-25-26)22-15-27(31(29,30)20-5-3-2-4-6-20)23-21(22)11-17(12-24-23)16-7-9-19(28)10-8-16;1-2-3-6-4-5-7;1-3(5)7-8-4(2)6;1-2(4)5-3;/h2*4-8,16-21,24,34H,3,9-15H2,1-2H3;2-6,11-16H,7-10H2,1H3;6-7H,2-5H2,1H3;1-2H3;1H3;/q;;;;;-1;+1. The van der Waals surface area contributed by atoms with Crippen LogP contribution in [0.2, 0.25) is 0 Å². The molecule has 36 heteroatoms. The van der Waals surface area contributed by atoms with Gasteiger partial charge in [0.25, 0.3) is 30.1 Å². The molecule has 3 aromatic carbocycles. The summed E-state index contributed by atoms with van der Waals surface area (Å²) in [6.45, 7) is 15.9. The molecule has 0 atom stereocenters. The fourth-order valence-electron chi connectivity index (χ4n) is 16.1. The number of aryl methyl sites for hydroxylation is 3. The summed E-state index contributed by atoms with van der Waals surface area (Å²) in [5, 5.41) is 45.5. The van der Waals surface area contributed by atoms with Gasteiger partial charge in [0.15, 0.2) is 16.9 Å². The maximum absolute atomic E-state index is 13.6. The first kappa shape index (κ1) is 99.9. The van der Waals surface area contributed by atoms with Crippen molar-refractivity contribution in [1.82, 2.24) is 71.3 Å². The number of hydrogen-bond donors (Lipinski definition) is 4. The third-order valence-corrected chi connectivity index (χ3v) is 27.2. The number of pyridine rings is 3. The number of carbonyl (C=O) groups excluding carboxylic acids is 4. The molecule has 3 saturated carbocycles. The molecule has 0 spiro atoms. The number of aliphatic hydroxyl groups is 3. The Balaban J connectivity index is 0.000000192. The Morgan fingerprint density at radius 2 is 0.746 bits per heavy atom. The van der Waals surface area contributed by atoms with Crippen LogP contribution in [0.1, 0.15) is 172 Å². The number of nitrogens with zero attached hydrogens (tertiary/aromatic N) is 14. The molecule has 3 aliphatic carbocycles. The maximum atomic E-state index is 13.6. The molecule has 15 rings (SSSR count). The van der Waals surface area contributed by atoms with Gasteiger partial charge in [-0.05, 0) is 192 Å². The second kappa shape index (κ2) is 47.8. The van der Waals surface area contributed by atoms with Crippen LogP contribution in [0.15, 0.2) is 198 Å². The zero-order chi connectivity index (χ0) is 90.0. The van der Waals surface area contributed by atoms with E-state index in [1.165, 1.54) is 18.8 Å². The zero-order valence-electron chi connectivity index (χ0n) is 73.4. The molecule has 9 aromatic heterocycles. The normalized spacial score (nSPS) is 16.0. The van der Waals surface area contributed by atoms with Crippen LogP contribution in [0.3, 0.4) is 0 Å². The van der Waals surface area contributed by atoms with Crippen molar-refractivity contribution in [3.63, 3.8) is 0 Å². The monoisotopic (exact) mass is 1790 g/mol. The van der Waals surface area contributed by atoms with E-state index in [4.69, 9.17) is 15.1 Å². The summed E-state index contributed by atoms with van der Waals surface area (Å²) in [5.74, 6) is -0.430. The van der Waals surface area contributed by atoms with E-state index in [0.717, 1.165) is 203 Å². The Labute approximate surface area is 760 Å². The molecular weight excluding hydrogens is 1680 g/mol. The Kier molecular flexibility index (Phi) is 37.9. The number of Topliss-reactive ketones (excluding diaryl/α,β-unsaturated/α-hetero) is 1. The summed E-state index contributed by atoms with van der Waals surface area (Å²) in [5.41, 5.74) is 9.51. The van der Waals surface area contributed by atoms with Crippen molar-refractivity contribution >= 4 is 94.9 Å². The topological polar surface area (TPSA) is 385 Å². The smallest absolute Gasteiger partial charge is 0.793 e. The van der Waals surface area contributed by atoms with Gasteiger partial charge in [-0.15, -0.1) is 0 Å². The van der Waals surface area contributed by atoms with Crippen LogP contribution in [0, 0.1) is 0 Å². The average Bonchev–Trinajstić information content (AvgIpc) is 1.60. The van der Waals surface area contributed by atoms with Crippen LogP contribution < -0.4 is 34.9 Å². The van der Waals surface area contributed by atoms with Crippen molar-refractivity contribution in [2.45, 2.75) is 182 Å². The van der Waals surface area contributed by atoms with Gasteiger partial charge >= 0.3 is 41.5 Å². The van der Waals surface area contributed by atoms with Crippen molar-refractivity contribution in [3.8, 4) is 33.4 Å². The molecule has 31 nitrogen and oxygen atoms in total. The van der Waals surface area contributed by atoms with Crippen molar-refractivity contribution in [2.24, 2.45) is 21.1 Å². The number of aliphatic hydroxyl groups excluding tert-OH is 3. The fourth-order valence-corrected chi connectivity index (χ4v) is 20.1. The Morgan fingerprint density at radius 3 is 1.00 bits per heavy atom. The van der Waals surface area contributed by atoms with E-state index in [0.29, 0.717) is 59.5 Å². The molecule has 667 valence electrons. The van der Waals surface area contributed by atoms with Crippen LogP contribution in [-0.2, 0) is 84.8 Å². The molecule has 0 saturated heterocycles. The van der Waals surface area contributed by atoms with Crippen molar-refractivity contribution in [2.75, 3.05) is 59.1 Å². The minimum absolute atomic E-state index is 0. The van der Waals surface area contributed by atoms with E-state index in [9.17, 15) is 54.6 Å². The van der Waals surface area contributed by atoms with E-state index in [1.807, 2.05) is 58.2 Å². The van der Waals surface area contributed by atoms with Gasteiger partial charge in [0.05, 0.1) is 53.1 Å². The first-order chi connectivity index (χ1) is 60.1. The molecule has 0 bridgehead atoms. The minimum atomic E-state index is -3.81. The van der Waals surface area contributed by atoms with Crippen LogP contribution >= 0.6 is 0 Å². The Hall–Kier alpha value is -9.89. The van der Waals surface area contributed by atoms with E-state index in [2.05, 4.69) is 90.8 Å². The van der Waals surface area contributed by atoms with E-state index in [-0.39, 0.29) is 70.0 Å². The summed E-state index contributed by atoms with van der Waals surface area (Å²) in [7, 11) is -1.58. The third-order valence-electron chi connectivity index (χ3n) is 22.2. The number of benzene rings is 3. The van der Waals surface area contributed by atoms with Gasteiger partial charge in [-0.25, -0.2) is 71.5 Å². The van der Waals surface area contributed by atoms with Gasteiger partial charge in [0.2, 0.25) is 5.97 Å². The predicted molar refractivity (Wildman–Crippen MR) is 478 cm³/mol. The van der Waals surface area contributed by atoms with Gasteiger partial charge < -0.3 is 33.3 Å². The quantitative estimate of drug-likeness (QED) is 0.0170. The predicted octanol–water partition coefficient (Wildman–Crippen LogP) is 9.35. The van der Waals surface area contributed by atoms with Gasteiger partial charge in [-0.3, -0.25) is 33.4 Å². The molecule has 3 fully saturated rings. The van der Waals surface area contributed by atoms with Crippen LogP contribution in [-0.4, -0.2) is 209 Å². The first-order valence-corrected chi connectivity index (χ1v) is 46.6. The van der Waals surface area contributed by atoms with Crippen molar-refractivity contribution < 1.29 is 104 Å². The molecule has 0 unspecified atom stereocenters. The molecule has 0 aliphatic heterocycles. The number of aromatic nitrogens is 12. The van der Waals surface area contributed by atoms with Crippen LogP contribution in [0.4, 0.5) is 0 Å². The molecule has 12 aromatic rings. The second-order valence-corrected chi connectivity index (χ2v) is 36.6.